The van der Waals surface area contributed by atoms with Gasteiger partial charge in [0.2, 0.25) is 5.91 Å². The Morgan fingerprint density at radius 3 is 2.71 bits per heavy atom. The fourth-order valence-corrected chi connectivity index (χ4v) is 2.76. The van der Waals surface area contributed by atoms with Crippen LogP contribution in [0.5, 0.6) is 0 Å². The molecule has 2 saturated heterocycles. The van der Waals surface area contributed by atoms with Crippen LogP contribution in [0.25, 0.3) is 0 Å². The lowest BCUT2D eigenvalue weighted by Crippen LogP contribution is -2.53. The van der Waals surface area contributed by atoms with E-state index in [1.54, 1.807) is 0 Å². The predicted molar refractivity (Wildman–Crippen MR) is 68.9 cm³/mol. The highest BCUT2D eigenvalue weighted by Crippen LogP contribution is 2.26. The molecule has 0 bridgehead atoms. The second kappa shape index (κ2) is 5.36. The topological polar surface area (TPSA) is 44.4 Å². The lowest BCUT2D eigenvalue weighted by molar-refractivity contribution is -0.132. The maximum atomic E-state index is 12.3. The van der Waals surface area contributed by atoms with Crippen LogP contribution in [0.3, 0.4) is 0 Å². The van der Waals surface area contributed by atoms with Gasteiger partial charge < -0.3 is 15.5 Å². The van der Waals surface area contributed by atoms with E-state index in [0.29, 0.717) is 6.04 Å². The summed E-state index contributed by atoms with van der Waals surface area (Å²) < 4.78 is 0. The SMILES string of the molecule is CN1CCC(NC(=O)C2(C)CCCNC2)CC1. The Bertz CT molecular complexity index is 266. The van der Waals surface area contributed by atoms with Crippen molar-refractivity contribution in [1.82, 2.24) is 15.5 Å². The Morgan fingerprint density at radius 2 is 2.12 bits per heavy atom. The van der Waals surface area contributed by atoms with Crippen LogP contribution < -0.4 is 10.6 Å². The van der Waals surface area contributed by atoms with Gasteiger partial charge in [0.25, 0.3) is 0 Å². The van der Waals surface area contributed by atoms with Gasteiger partial charge >= 0.3 is 0 Å². The maximum Gasteiger partial charge on any atom is 0.227 e. The van der Waals surface area contributed by atoms with Crippen molar-refractivity contribution < 1.29 is 4.79 Å². The van der Waals surface area contributed by atoms with Gasteiger partial charge in [-0.1, -0.05) is 0 Å². The maximum absolute atomic E-state index is 12.3. The van der Waals surface area contributed by atoms with Crippen LogP contribution in [0.2, 0.25) is 0 Å². The second-order valence-corrected chi connectivity index (χ2v) is 5.89. The van der Waals surface area contributed by atoms with Crippen LogP contribution in [0.1, 0.15) is 32.6 Å². The Kier molecular flexibility index (Phi) is 4.05. The van der Waals surface area contributed by atoms with Gasteiger partial charge in [-0.15, -0.1) is 0 Å². The Hall–Kier alpha value is -0.610. The average molecular weight is 239 g/mol. The molecule has 2 heterocycles. The number of piperidine rings is 2. The Morgan fingerprint density at radius 1 is 1.41 bits per heavy atom. The van der Waals surface area contributed by atoms with Gasteiger partial charge in [-0.2, -0.15) is 0 Å². The third kappa shape index (κ3) is 3.19. The fourth-order valence-electron chi connectivity index (χ4n) is 2.76. The summed E-state index contributed by atoms with van der Waals surface area (Å²) in [5.41, 5.74) is -0.193. The molecule has 0 radical (unpaired) electrons. The van der Waals surface area contributed by atoms with E-state index in [9.17, 15) is 4.79 Å². The van der Waals surface area contributed by atoms with Gasteiger partial charge in [-0.05, 0) is 59.3 Å². The summed E-state index contributed by atoms with van der Waals surface area (Å²) >= 11 is 0. The van der Waals surface area contributed by atoms with Crippen LogP contribution in [-0.4, -0.2) is 50.1 Å². The molecule has 0 aromatic rings. The number of nitrogens with zero attached hydrogens (tertiary/aromatic N) is 1. The summed E-state index contributed by atoms with van der Waals surface area (Å²) in [7, 11) is 2.14. The molecule has 2 aliphatic rings. The van der Waals surface area contributed by atoms with Crippen LogP contribution >= 0.6 is 0 Å². The molecule has 0 saturated carbocycles. The summed E-state index contributed by atoms with van der Waals surface area (Å²) in [4.78, 5) is 14.6. The molecule has 2 fully saturated rings. The summed E-state index contributed by atoms with van der Waals surface area (Å²) in [5, 5.41) is 6.58. The van der Waals surface area contributed by atoms with Gasteiger partial charge in [0.1, 0.15) is 0 Å². The van der Waals surface area contributed by atoms with E-state index in [-0.39, 0.29) is 11.3 Å². The summed E-state index contributed by atoms with van der Waals surface area (Å²) in [6.45, 7) is 6.16. The van der Waals surface area contributed by atoms with E-state index in [1.165, 1.54) is 0 Å². The highest BCUT2D eigenvalue weighted by atomic mass is 16.2. The molecule has 0 aromatic carbocycles. The Labute approximate surface area is 104 Å². The van der Waals surface area contributed by atoms with Crippen molar-refractivity contribution in [2.75, 3.05) is 33.2 Å². The van der Waals surface area contributed by atoms with E-state index >= 15 is 0 Å². The molecule has 98 valence electrons. The summed E-state index contributed by atoms with van der Waals surface area (Å²) in [6.07, 6.45) is 4.30. The van der Waals surface area contributed by atoms with Gasteiger partial charge in [0, 0.05) is 12.6 Å². The number of hydrogen-bond acceptors (Lipinski definition) is 3. The first-order chi connectivity index (χ1) is 8.10. The van der Waals surface area contributed by atoms with E-state index in [0.717, 1.165) is 51.9 Å². The quantitative estimate of drug-likeness (QED) is 0.741. The van der Waals surface area contributed by atoms with E-state index in [4.69, 9.17) is 0 Å². The summed E-state index contributed by atoms with van der Waals surface area (Å²) in [6, 6.07) is 0.387. The zero-order valence-corrected chi connectivity index (χ0v) is 11.1. The van der Waals surface area contributed by atoms with Crippen molar-refractivity contribution in [3.05, 3.63) is 0 Å². The van der Waals surface area contributed by atoms with E-state index in [1.807, 2.05) is 0 Å². The summed E-state index contributed by atoms with van der Waals surface area (Å²) in [5.74, 6) is 0.249. The standard InChI is InChI=1S/C13H25N3O/c1-13(6-3-7-14-10-13)12(17)15-11-4-8-16(2)9-5-11/h11,14H,3-10H2,1-2H3,(H,15,17). The van der Waals surface area contributed by atoms with Crippen LogP contribution in [0, 0.1) is 5.41 Å². The minimum Gasteiger partial charge on any atom is -0.353 e. The first-order valence-corrected chi connectivity index (χ1v) is 6.80. The van der Waals surface area contributed by atoms with Gasteiger partial charge in [-0.3, -0.25) is 4.79 Å². The number of nitrogens with one attached hydrogen (secondary N) is 2. The minimum atomic E-state index is -0.193. The van der Waals surface area contributed by atoms with Crippen LogP contribution in [-0.2, 0) is 4.79 Å². The molecule has 2 aliphatic heterocycles. The molecule has 1 amide bonds. The van der Waals surface area contributed by atoms with Crippen molar-refractivity contribution in [3.63, 3.8) is 0 Å². The normalized spacial score (nSPS) is 32.4. The fraction of sp³-hybridized carbons (Fsp3) is 0.923. The smallest absolute Gasteiger partial charge is 0.227 e. The van der Waals surface area contributed by atoms with Crippen molar-refractivity contribution in [2.45, 2.75) is 38.6 Å². The zero-order valence-electron chi connectivity index (χ0n) is 11.1. The number of rotatable bonds is 2. The molecule has 4 heteroatoms. The molecule has 1 unspecified atom stereocenters. The van der Waals surface area contributed by atoms with Gasteiger partial charge in [-0.25, -0.2) is 0 Å². The predicted octanol–water partition coefficient (Wildman–Crippen LogP) is 0.587. The number of hydrogen-bond donors (Lipinski definition) is 2. The van der Waals surface area contributed by atoms with Crippen molar-refractivity contribution in [2.24, 2.45) is 5.41 Å². The highest BCUT2D eigenvalue weighted by molar-refractivity contribution is 5.82. The molecule has 0 aliphatic carbocycles. The molecular formula is C13H25N3O. The average Bonchev–Trinajstić information content (AvgIpc) is 2.33. The number of carbonyl (C=O) groups is 1. The van der Waals surface area contributed by atoms with Gasteiger partial charge in [0.15, 0.2) is 0 Å². The molecule has 0 aromatic heterocycles. The molecule has 1 atom stereocenters. The lowest BCUT2D eigenvalue weighted by atomic mass is 9.81. The zero-order chi connectivity index (χ0) is 12.3. The third-order valence-electron chi connectivity index (χ3n) is 4.20. The largest absolute Gasteiger partial charge is 0.353 e. The Balaban J connectivity index is 1.83. The first-order valence-electron chi connectivity index (χ1n) is 6.80. The molecular weight excluding hydrogens is 214 g/mol. The van der Waals surface area contributed by atoms with Crippen LogP contribution in [0.4, 0.5) is 0 Å². The second-order valence-electron chi connectivity index (χ2n) is 5.89. The lowest BCUT2D eigenvalue weighted by Gasteiger charge is -2.36. The first kappa shape index (κ1) is 12.8. The monoisotopic (exact) mass is 239 g/mol. The number of carbonyl (C=O) groups excluding carboxylic acids is 1. The third-order valence-corrected chi connectivity index (χ3v) is 4.20. The molecule has 0 spiro atoms. The van der Waals surface area contributed by atoms with Crippen molar-refractivity contribution >= 4 is 5.91 Å². The number of likely N-dealkylation sites (tertiary alicyclic amines) is 1. The molecule has 17 heavy (non-hydrogen) atoms. The van der Waals surface area contributed by atoms with Crippen LogP contribution in [0.15, 0.2) is 0 Å². The van der Waals surface area contributed by atoms with Gasteiger partial charge in [0.05, 0.1) is 5.41 Å². The van der Waals surface area contributed by atoms with E-state index < -0.39 is 0 Å². The highest BCUT2D eigenvalue weighted by Gasteiger charge is 2.35. The minimum absolute atomic E-state index is 0.193. The molecule has 4 nitrogen and oxygen atoms in total. The van der Waals surface area contributed by atoms with E-state index in [2.05, 4.69) is 29.5 Å². The number of amides is 1. The molecule has 2 rings (SSSR count). The van der Waals surface area contributed by atoms with Crippen molar-refractivity contribution in [3.8, 4) is 0 Å². The molecule has 2 N–H and O–H groups in total. The van der Waals surface area contributed by atoms with Crippen molar-refractivity contribution in [1.29, 1.82) is 0 Å².